The van der Waals surface area contributed by atoms with Crippen LogP contribution < -0.4 is 5.32 Å². The highest BCUT2D eigenvalue weighted by Crippen LogP contribution is 2.19. The maximum atomic E-state index is 12.6. The Balaban J connectivity index is 1.49. The van der Waals surface area contributed by atoms with Gasteiger partial charge in [0.15, 0.2) is 0 Å². The number of benzene rings is 2. The third-order valence-corrected chi connectivity index (χ3v) is 7.18. The topological polar surface area (TPSA) is 55.4 Å². The van der Waals surface area contributed by atoms with Gasteiger partial charge >= 0.3 is 0 Å². The third-order valence-electron chi connectivity index (χ3n) is 5.35. The number of amides is 1. The zero-order chi connectivity index (χ0) is 20.6. The zero-order valence-corrected chi connectivity index (χ0v) is 18.2. The smallest absolute Gasteiger partial charge is 0.224 e. The van der Waals surface area contributed by atoms with Gasteiger partial charge in [-0.1, -0.05) is 50.2 Å². The lowest BCUT2D eigenvalue weighted by Gasteiger charge is -2.21. The molecule has 1 N–H and O–H groups in total. The van der Waals surface area contributed by atoms with Crippen LogP contribution in [0.3, 0.4) is 0 Å². The summed E-state index contributed by atoms with van der Waals surface area (Å²) in [7, 11) is -0.905. The molecule has 4 nitrogen and oxygen atoms in total. The molecule has 1 aliphatic rings. The molecule has 29 heavy (non-hydrogen) atoms. The minimum absolute atomic E-state index is 0.000591. The highest BCUT2D eigenvalue weighted by molar-refractivity contribution is 7.84. The first-order valence-corrected chi connectivity index (χ1v) is 11.8. The van der Waals surface area contributed by atoms with Gasteiger partial charge < -0.3 is 10.1 Å². The summed E-state index contributed by atoms with van der Waals surface area (Å²) in [5.41, 5.74) is 4.25. The molecule has 0 spiro atoms. The van der Waals surface area contributed by atoms with E-state index in [1.807, 2.05) is 24.3 Å². The van der Waals surface area contributed by atoms with Crippen LogP contribution in [-0.2, 0) is 32.5 Å². The van der Waals surface area contributed by atoms with E-state index in [1.165, 1.54) is 11.1 Å². The van der Waals surface area contributed by atoms with Crippen LogP contribution in [-0.4, -0.2) is 28.6 Å². The second kappa shape index (κ2) is 10.7. The lowest BCUT2D eigenvalue weighted by Crippen LogP contribution is -2.25. The number of nitrogens with one attached hydrogen (secondary N) is 1. The van der Waals surface area contributed by atoms with E-state index in [0.717, 1.165) is 30.5 Å². The molecule has 2 aromatic carbocycles. The fourth-order valence-electron chi connectivity index (χ4n) is 3.51. The lowest BCUT2D eigenvalue weighted by atomic mass is 10.0. The van der Waals surface area contributed by atoms with Crippen molar-refractivity contribution < 1.29 is 13.7 Å². The standard InChI is InChI=1S/C24H31NO3S/c1-18(2)21-9-6-19(7-10-21)8-11-24(26)25-22-5-3-4-20(16-22)17-29(27)23-12-14-28-15-13-23/h3-7,9-10,16,18,23H,8,11-15,17H2,1-2H3,(H,25,26). The van der Waals surface area contributed by atoms with Crippen LogP contribution >= 0.6 is 0 Å². The average Bonchev–Trinajstić information content (AvgIpc) is 2.73. The second-order valence-corrected chi connectivity index (χ2v) is 9.70. The van der Waals surface area contributed by atoms with Gasteiger partial charge in [-0.15, -0.1) is 0 Å². The van der Waals surface area contributed by atoms with Crippen molar-refractivity contribution in [3.8, 4) is 0 Å². The number of rotatable bonds is 8. The molecule has 5 heteroatoms. The summed E-state index contributed by atoms with van der Waals surface area (Å²) in [6.07, 6.45) is 2.89. The van der Waals surface area contributed by atoms with E-state index >= 15 is 0 Å². The van der Waals surface area contributed by atoms with Crippen molar-refractivity contribution in [1.29, 1.82) is 0 Å². The van der Waals surface area contributed by atoms with Crippen LogP contribution in [0.15, 0.2) is 48.5 Å². The SMILES string of the molecule is CC(C)c1ccc(CCC(=O)Nc2cccc(CS(=O)C3CCOCC3)c2)cc1. The van der Waals surface area contributed by atoms with Gasteiger partial charge in [-0.3, -0.25) is 9.00 Å². The van der Waals surface area contributed by atoms with Crippen LogP contribution in [0, 0.1) is 0 Å². The van der Waals surface area contributed by atoms with Crippen LogP contribution in [0.2, 0.25) is 0 Å². The number of ether oxygens (including phenoxy) is 1. The fourth-order valence-corrected chi connectivity index (χ4v) is 4.97. The maximum Gasteiger partial charge on any atom is 0.224 e. The van der Waals surface area contributed by atoms with Crippen molar-refractivity contribution in [2.24, 2.45) is 0 Å². The van der Waals surface area contributed by atoms with Crippen molar-refractivity contribution in [3.05, 3.63) is 65.2 Å². The highest BCUT2D eigenvalue weighted by Gasteiger charge is 2.20. The summed E-state index contributed by atoms with van der Waals surface area (Å²) >= 11 is 0. The summed E-state index contributed by atoms with van der Waals surface area (Å²) in [6, 6.07) is 16.2. The number of hydrogen-bond acceptors (Lipinski definition) is 3. The van der Waals surface area contributed by atoms with E-state index in [-0.39, 0.29) is 11.2 Å². The zero-order valence-electron chi connectivity index (χ0n) is 17.4. The number of hydrogen-bond donors (Lipinski definition) is 1. The molecule has 1 unspecified atom stereocenters. The Bertz CT molecular complexity index is 826. The average molecular weight is 414 g/mol. The van der Waals surface area contributed by atoms with Gasteiger partial charge in [0.2, 0.25) is 5.91 Å². The lowest BCUT2D eigenvalue weighted by molar-refractivity contribution is -0.116. The largest absolute Gasteiger partial charge is 0.381 e. The molecule has 1 amide bonds. The van der Waals surface area contributed by atoms with Gasteiger partial charge in [-0.25, -0.2) is 0 Å². The van der Waals surface area contributed by atoms with E-state index in [2.05, 4.69) is 43.4 Å². The minimum atomic E-state index is -0.905. The molecule has 0 bridgehead atoms. The van der Waals surface area contributed by atoms with Gasteiger partial charge in [-0.2, -0.15) is 0 Å². The molecule has 156 valence electrons. The van der Waals surface area contributed by atoms with Gasteiger partial charge in [0.1, 0.15) is 0 Å². The Labute approximate surface area is 176 Å². The van der Waals surface area contributed by atoms with Gasteiger partial charge in [-0.05, 0) is 54.0 Å². The molecule has 1 saturated heterocycles. The fraction of sp³-hybridized carbons (Fsp3) is 0.458. The minimum Gasteiger partial charge on any atom is -0.381 e. The molecule has 0 aromatic heterocycles. The van der Waals surface area contributed by atoms with Crippen LogP contribution in [0.4, 0.5) is 5.69 Å². The quantitative estimate of drug-likeness (QED) is 0.676. The number of anilines is 1. The monoisotopic (exact) mass is 413 g/mol. The third kappa shape index (κ3) is 6.79. The van der Waals surface area contributed by atoms with Crippen molar-refractivity contribution in [2.45, 2.75) is 56.5 Å². The molecule has 1 aliphatic heterocycles. The van der Waals surface area contributed by atoms with E-state index in [1.54, 1.807) is 0 Å². The van der Waals surface area contributed by atoms with E-state index in [4.69, 9.17) is 4.74 Å². The Morgan fingerprint density at radius 1 is 1.10 bits per heavy atom. The van der Waals surface area contributed by atoms with Crippen LogP contribution in [0.5, 0.6) is 0 Å². The van der Waals surface area contributed by atoms with Crippen LogP contribution in [0.1, 0.15) is 55.7 Å². The first kappa shape index (κ1) is 21.7. The van der Waals surface area contributed by atoms with Crippen molar-refractivity contribution in [3.63, 3.8) is 0 Å². The summed E-state index contributed by atoms with van der Waals surface area (Å²) in [5, 5.41) is 3.19. The predicted molar refractivity (Wildman–Crippen MR) is 120 cm³/mol. The van der Waals surface area contributed by atoms with E-state index < -0.39 is 10.8 Å². The summed E-state index contributed by atoms with van der Waals surface area (Å²) < 4.78 is 17.9. The first-order chi connectivity index (χ1) is 14.0. The van der Waals surface area contributed by atoms with Crippen molar-refractivity contribution in [2.75, 3.05) is 18.5 Å². The van der Waals surface area contributed by atoms with Crippen molar-refractivity contribution in [1.82, 2.24) is 0 Å². The maximum absolute atomic E-state index is 12.6. The molecule has 2 aromatic rings. The van der Waals surface area contributed by atoms with Gasteiger partial charge in [0.05, 0.1) is 0 Å². The molecule has 1 atom stereocenters. The number of carbonyl (C=O) groups excluding carboxylic acids is 1. The number of aryl methyl sites for hydroxylation is 1. The van der Waals surface area contributed by atoms with E-state index in [9.17, 15) is 9.00 Å². The van der Waals surface area contributed by atoms with Gasteiger partial charge in [0, 0.05) is 47.1 Å². The molecule has 1 heterocycles. The van der Waals surface area contributed by atoms with E-state index in [0.29, 0.717) is 31.3 Å². The van der Waals surface area contributed by atoms with Crippen LogP contribution in [0.25, 0.3) is 0 Å². The summed E-state index contributed by atoms with van der Waals surface area (Å²) in [5.74, 6) is 1.04. The molecule has 1 fully saturated rings. The second-order valence-electron chi connectivity index (χ2n) is 7.98. The Hall–Kier alpha value is -1.98. The van der Waals surface area contributed by atoms with Crippen molar-refractivity contribution >= 4 is 22.4 Å². The predicted octanol–water partition coefficient (Wildman–Crippen LogP) is 4.81. The molecular formula is C24H31NO3S. The Morgan fingerprint density at radius 3 is 2.52 bits per heavy atom. The molecule has 0 radical (unpaired) electrons. The summed E-state index contributed by atoms with van der Waals surface area (Å²) in [6.45, 7) is 5.75. The highest BCUT2D eigenvalue weighted by atomic mass is 32.2. The molecular weight excluding hydrogens is 382 g/mol. The van der Waals surface area contributed by atoms with Gasteiger partial charge in [0.25, 0.3) is 0 Å². The first-order valence-electron chi connectivity index (χ1n) is 10.4. The number of carbonyl (C=O) groups is 1. The Kier molecular flexibility index (Phi) is 8.01. The normalized spacial score (nSPS) is 16.0. The molecule has 3 rings (SSSR count). The Morgan fingerprint density at radius 2 is 1.83 bits per heavy atom. The summed E-state index contributed by atoms with van der Waals surface area (Å²) in [4.78, 5) is 12.4. The molecule has 0 saturated carbocycles. The molecule has 0 aliphatic carbocycles.